The van der Waals surface area contributed by atoms with E-state index < -0.39 is 0 Å². The van der Waals surface area contributed by atoms with Crippen LogP contribution in [0.25, 0.3) is 0 Å². The first-order valence-electron chi connectivity index (χ1n) is 6.32. The molecule has 2 rings (SSSR count). The summed E-state index contributed by atoms with van der Waals surface area (Å²) in [5.41, 5.74) is 6.26. The maximum atomic E-state index is 9.59. The fraction of sp³-hybridized carbons (Fsp3) is 0.538. The SMILES string of the molecule is CC(O)C1CCN(c2ncccc2C(=N)N)CC1. The first kappa shape index (κ1) is 12.8. The molecule has 0 saturated carbocycles. The molecule has 0 aliphatic carbocycles. The Kier molecular flexibility index (Phi) is 3.81. The van der Waals surface area contributed by atoms with Crippen molar-refractivity contribution in [3.63, 3.8) is 0 Å². The normalized spacial score (nSPS) is 18.7. The number of nitrogens with zero attached hydrogens (tertiary/aromatic N) is 2. The molecule has 0 aromatic carbocycles. The fourth-order valence-electron chi connectivity index (χ4n) is 2.45. The molecule has 1 unspecified atom stereocenters. The zero-order valence-electron chi connectivity index (χ0n) is 10.6. The third-order valence-electron chi connectivity index (χ3n) is 3.60. The number of aliphatic hydroxyl groups is 1. The Morgan fingerprint density at radius 1 is 1.56 bits per heavy atom. The number of amidine groups is 1. The molecule has 1 aliphatic rings. The van der Waals surface area contributed by atoms with Crippen molar-refractivity contribution in [2.45, 2.75) is 25.9 Å². The van der Waals surface area contributed by atoms with Crippen LogP contribution in [0.2, 0.25) is 0 Å². The molecule has 5 heteroatoms. The van der Waals surface area contributed by atoms with Gasteiger partial charge in [-0.3, -0.25) is 5.41 Å². The highest BCUT2D eigenvalue weighted by atomic mass is 16.3. The van der Waals surface area contributed by atoms with Gasteiger partial charge in [-0.1, -0.05) is 0 Å². The molecule has 0 radical (unpaired) electrons. The maximum Gasteiger partial charge on any atom is 0.139 e. The molecule has 0 spiro atoms. The number of anilines is 1. The summed E-state index contributed by atoms with van der Waals surface area (Å²) in [5, 5.41) is 17.2. The first-order valence-corrected chi connectivity index (χ1v) is 6.32. The van der Waals surface area contributed by atoms with E-state index in [1.165, 1.54) is 0 Å². The van der Waals surface area contributed by atoms with Crippen LogP contribution in [-0.4, -0.2) is 35.1 Å². The third kappa shape index (κ3) is 2.61. The number of nitrogen functional groups attached to an aromatic ring is 1. The number of nitrogens with one attached hydrogen (secondary N) is 1. The Hall–Kier alpha value is -1.62. The van der Waals surface area contributed by atoms with Crippen molar-refractivity contribution >= 4 is 11.7 Å². The number of hydrogen-bond acceptors (Lipinski definition) is 4. The second-order valence-corrected chi connectivity index (χ2v) is 4.85. The molecule has 1 aromatic rings. The van der Waals surface area contributed by atoms with Crippen molar-refractivity contribution in [2.75, 3.05) is 18.0 Å². The number of hydrogen-bond donors (Lipinski definition) is 3. The molecular formula is C13H20N4O. The highest BCUT2D eigenvalue weighted by Crippen LogP contribution is 2.25. The number of nitrogens with two attached hydrogens (primary N) is 1. The molecule has 1 aliphatic heterocycles. The van der Waals surface area contributed by atoms with Gasteiger partial charge in [-0.25, -0.2) is 4.98 Å². The molecule has 0 amide bonds. The van der Waals surface area contributed by atoms with Crippen LogP contribution in [-0.2, 0) is 0 Å². The van der Waals surface area contributed by atoms with Crippen molar-refractivity contribution in [1.82, 2.24) is 4.98 Å². The molecular weight excluding hydrogens is 228 g/mol. The summed E-state index contributed by atoms with van der Waals surface area (Å²) in [6, 6.07) is 3.62. The Labute approximate surface area is 107 Å². The Morgan fingerprint density at radius 3 is 2.78 bits per heavy atom. The molecule has 4 N–H and O–H groups in total. The number of piperidine rings is 1. The van der Waals surface area contributed by atoms with Crippen LogP contribution in [0.4, 0.5) is 5.82 Å². The van der Waals surface area contributed by atoms with Gasteiger partial charge >= 0.3 is 0 Å². The lowest BCUT2D eigenvalue weighted by atomic mass is 9.92. The quantitative estimate of drug-likeness (QED) is 0.549. The summed E-state index contributed by atoms with van der Waals surface area (Å²) in [4.78, 5) is 6.48. The van der Waals surface area contributed by atoms with E-state index in [0.717, 1.165) is 31.7 Å². The van der Waals surface area contributed by atoms with Crippen molar-refractivity contribution in [3.8, 4) is 0 Å². The molecule has 1 fully saturated rings. The lowest BCUT2D eigenvalue weighted by Crippen LogP contribution is -2.38. The second-order valence-electron chi connectivity index (χ2n) is 4.85. The predicted molar refractivity (Wildman–Crippen MR) is 71.9 cm³/mol. The minimum absolute atomic E-state index is 0.0516. The van der Waals surface area contributed by atoms with Gasteiger partial charge in [0.2, 0.25) is 0 Å². The van der Waals surface area contributed by atoms with E-state index in [0.29, 0.717) is 11.5 Å². The highest BCUT2D eigenvalue weighted by Gasteiger charge is 2.24. The largest absolute Gasteiger partial charge is 0.393 e. The van der Waals surface area contributed by atoms with Gasteiger partial charge in [0, 0.05) is 19.3 Å². The van der Waals surface area contributed by atoms with Gasteiger partial charge in [0.1, 0.15) is 11.7 Å². The summed E-state index contributed by atoms with van der Waals surface area (Å²) < 4.78 is 0. The number of pyridine rings is 1. The molecule has 1 atom stereocenters. The summed E-state index contributed by atoms with van der Waals surface area (Å²) in [6.45, 7) is 3.56. The van der Waals surface area contributed by atoms with Crippen molar-refractivity contribution < 1.29 is 5.11 Å². The van der Waals surface area contributed by atoms with E-state index in [4.69, 9.17) is 11.1 Å². The predicted octanol–water partition coefficient (Wildman–Crippen LogP) is 0.963. The van der Waals surface area contributed by atoms with Crippen LogP contribution < -0.4 is 10.6 Å². The first-order chi connectivity index (χ1) is 8.59. The summed E-state index contributed by atoms with van der Waals surface area (Å²) in [5.74, 6) is 1.20. The van der Waals surface area contributed by atoms with Gasteiger partial charge in [-0.2, -0.15) is 0 Å². The monoisotopic (exact) mass is 248 g/mol. The minimum Gasteiger partial charge on any atom is -0.393 e. The van der Waals surface area contributed by atoms with Crippen LogP contribution >= 0.6 is 0 Å². The van der Waals surface area contributed by atoms with Crippen molar-refractivity contribution in [3.05, 3.63) is 23.9 Å². The molecule has 18 heavy (non-hydrogen) atoms. The summed E-state index contributed by atoms with van der Waals surface area (Å²) in [6.07, 6.45) is 3.38. The molecule has 1 saturated heterocycles. The van der Waals surface area contributed by atoms with Crippen LogP contribution in [0, 0.1) is 11.3 Å². The fourth-order valence-corrected chi connectivity index (χ4v) is 2.45. The van der Waals surface area contributed by atoms with Gasteiger partial charge in [0.05, 0.1) is 11.7 Å². The Morgan fingerprint density at radius 2 is 2.22 bits per heavy atom. The van der Waals surface area contributed by atoms with Gasteiger partial charge in [0.15, 0.2) is 0 Å². The summed E-state index contributed by atoms with van der Waals surface area (Å²) in [7, 11) is 0. The lowest BCUT2D eigenvalue weighted by molar-refractivity contribution is 0.110. The van der Waals surface area contributed by atoms with Gasteiger partial charge in [-0.05, 0) is 37.8 Å². The van der Waals surface area contributed by atoms with Crippen LogP contribution in [0.3, 0.4) is 0 Å². The van der Waals surface area contributed by atoms with E-state index in [1.54, 1.807) is 12.3 Å². The van der Waals surface area contributed by atoms with E-state index in [9.17, 15) is 5.11 Å². The average molecular weight is 248 g/mol. The molecule has 5 nitrogen and oxygen atoms in total. The zero-order chi connectivity index (χ0) is 13.1. The van der Waals surface area contributed by atoms with E-state index in [1.807, 2.05) is 13.0 Å². The maximum absolute atomic E-state index is 9.59. The van der Waals surface area contributed by atoms with Crippen LogP contribution in [0.15, 0.2) is 18.3 Å². The molecule has 0 bridgehead atoms. The molecule has 2 heterocycles. The van der Waals surface area contributed by atoms with E-state index in [-0.39, 0.29) is 11.9 Å². The number of rotatable bonds is 3. The average Bonchev–Trinajstić information content (AvgIpc) is 2.39. The van der Waals surface area contributed by atoms with E-state index >= 15 is 0 Å². The third-order valence-corrected chi connectivity index (χ3v) is 3.60. The van der Waals surface area contributed by atoms with Crippen LogP contribution in [0.5, 0.6) is 0 Å². The number of aromatic nitrogens is 1. The topological polar surface area (TPSA) is 86.2 Å². The minimum atomic E-state index is -0.247. The van der Waals surface area contributed by atoms with Crippen LogP contribution in [0.1, 0.15) is 25.3 Å². The standard InChI is InChI=1S/C13H20N4O/c1-9(18)10-4-7-17(8-5-10)13-11(12(14)15)3-2-6-16-13/h2-3,6,9-10,18H,4-5,7-8H2,1H3,(H3,14,15). The van der Waals surface area contributed by atoms with E-state index in [2.05, 4.69) is 9.88 Å². The number of aliphatic hydroxyl groups excluding tert-OH is 1. The second kappa shape index (κ2) is 5.35. The summed E-state index contributed by atoms with van der Waals surface area (Å²) >= 11 is 0. The zero-order valence-corrected chi connectivity index (χ0v) is 10.6. The van der Waals surface area contributed by atoms with Gasteiger partial charge in [-0.15, -0.1) is 0 Å². The van der Waals surface area contributed by atoms with Crippen molar-refractivity contribution in [1.29, 1.82) is 5.41 Å². The molecule has 98 valence electrons. The molecule has 1 aromatic heterocycles. The smallest absolute Gasteiger partial charge is 0.139 e. The Balaban J connectivity index is 2.12. The van der Waals surface area contributed by atoms with Gasteiger partial charge < -0.3 is 15.7 Å². The lowest BCUT2D eigenvalue weighted by Gasteiger charge is -2.34. The van der Waals surface area contributed by atoms with Gasteiger partial charge in [0.25, 0.3) is 0 Å². The highest BCUT2D eigenvalue weighted by molar-refractivity contribution is 5.99. The van der Waals surface area contributed by atoms with Crippen molar-refractivity contribution in [2.24, 2.45) is 11.7 Å². The Bertz CT molecular complexity index is 425.